The molecule has 2 rings (SSSR count). The summed E-state index contributed by atoms with van der Waals surface area (Å²) in [7, 11) is 0. The van der Waals surface area contributed by atoms with Crippen molar-refractivity contribution in [3.63, 3.8) is 0 Å². The fraction of sp³-hybridized carbons (Fsp3) is 0.500. The summed E-state index contributed by atoms with van der Waals surface area (Å²) in [5.74, 6) is 0. The summed E-state index contributed by atoms with van der Waals surface area (Å²) in [4.78, 5) is 0. The molecule has 0 aliphatic heterocycles. The maximum absolute atomic E-state index is 3.16. The van der Waals surface area contributed by atoms with Gasteiger partial charge in [-0.25, -0.2) is 23.3 Å². The molecule has 0 atom stereocenters. The predicted molar refractivity (Wildman–Crippen MR) is 91.3 cm³/mol. The number of hydrogen-bond acceptors (Lipinski definition) is 0. The monoisotopic (exact) mass is 388 g/mol. The van der Waals surface area contributed by atoms with Gasteiger partial charge in [-0.1, -0.05) is 52.4 Å². The maximum Gasteiger partial charge on any atom is 4.00 e. The number of hydrogen-bond donors (Lipinski definition) is 0. The molecule has 0 N–H and O–H groups in total. The molecule has 0 aromatic rings. The maximum atomic E-state index is 3.16. The van der Waals surface area contributed by atoms with E-state index in [1.807, 2.05) is 0 Å². The largest absolute Gasteiger partial charge is 4.00 e. The van der Waals surface area contributed by atoms with Crippen LogP contribution >= 0.6 is 0 Å². The smallest absolute Gasteiger partial charge is 1.00 e. The molecule has 2 aliphatic rings. The molecule has 0 amide bonds. The van der Waals surface area contributed by atoms with Crippen molar-refractivity contribution >= 4 is 0 Å². The Kier molecular flexibility index (Phi) is 32.5. The molecule has 0 nitrogen and oxygen atoms in total. The van der Waals surface area contributed by atoms with Crippen LogP contribution in [0.5, 0.6) is 0 Å². The summed E-state index contributed by atoms with van der Waals surface area (Å²) in [5, 5.41) is 0. The second-order valence-corrected chi connectivity index (χ2v) is 4.87. The first-order valence-corrected chi connectivity index (χ1v) is 7.88. The van der Waals surface area contributed by atoms with Crippen molar-refractivity contribution in [2.24, 2.45) is 0 Å². The first-order valence-electron chi connectivity index (χ1n) is 7.88. The van der Waals surface area contributed by atoms with Crippen molar-refractivity contribution in [2.45, 2.75) is 65.2 Å². The fourth-order valence-corrected chi connectivity index (χ4v) is 1.99. The van der Waals surface area contributed by atoms with E-state index in [-0.39, 0.29) is 46.5 Å². The van der Waals surface area contributed by atoms with Gasteiger partial charge in [0, 0.05) is 0 Å². The van der Waals surface area contributed by atoms with E-state index in [1.54, 1.807) is 0 Å². The van der Waals surface area contributed by atoms with Gasteiger partial charge in [0.1, 0.15) is 0 Å². The van der Waals surface area contributed by atoms with E-state index in [9.17, 15) is 0 Å². The molecule has 2 aliphatic carbocycles. The SMILES string of the molecule is C=C.CCCCC1=CC[C-]=C1.CCCCC1=CC[C-]=C1.[Cl-].[Cl-].[Ti+4]. The minimum atomic E-state index is 0. The number of halogens is 2. The topological polar surface area (TPSA) is 0 Å². The van der Waals surface area contributed by atoms with Crippen molar-refractivity contribution in [3.8, 4) is 0 Å². The number of unbranched alkanes of at least 4 members (excludes halogenated alkanes) is 2. The van der Waals surface area contributed by atoms with Crippen LogP contribution in [0.15, 0.2) is 48.6 Å². The fourth-order valence-electron chi connectivity index (χ4n) is 1.99. The zero-order valence-electron chi connectivity index (χ0n) is 14.6. The Labute approximate surface area is 172 Å². The van der Waals surface area contributed by atoms with E-state index in [0.29, 0.717) is 0 Å². The third-order valence-electron chi connectivity index (χ3n) is 3.18. The summed E-state index contributed by atoms with van der Waals surface area (Å²) >= 11 is 0. The van der Waals surface area contributed by atoms with Gasteiger partial charge < -0.3 is 24.8 Å². The molecule has 0 saturated heterocycles. The van der Waals surface area contributed by atoms with Crippen molar-refractivity contribution in [1.82, 2.24) is 0 Å². The molecule has 0 aromatic heterocycles. The molecule has 0 heterocycles. The summed E-state index contributed by atoms with van der Waals surface area (Å²) in [6.45, 7) is 10.5. The van der Waals surface area contributed by atoms with Crippen molar-refractivity contribution < 1.29 is 46.5 Å². The van der Waals surface area contributed by atoms with E-state index in [0.717, 1.165) is 12.8 Å². The third kappa shape index (κ3) is 18.2. The van der Waals surface area contributed by atoms with Crippen LogP contribution in [0.1, 0.15) is 65.2 Å². The van der Waals surface area contributed by atoms with Crippen LogP contribution in [0, 0.1) is 12.2 Å². The molecule has 0 spiro atoms. The quantitative estimate of drug-likeness (QED) is 0.354. The van der Waals surface area contributed by atoms with Crippen LogP contribution in [0.2, 0.25) is 0 Å². The predicted octanol–water partition coefficient (Wildman–Crippen LogP) is 0.540. The summed E-state index contributed by atoms with van der Waals surface area (Å²) in [5.41, 5.74) is 2.97. The first kappa shape index (κ1) is 30.8. The van der Waals surface area contributed by atoms with Crippen LogP contribution in [0.25, 0.3) is 0 Å². The van der Waals surface area contributed by atoms with Gasteiger partial charge >= 0.3 is 21.7 Å². The van der Waals surface area contributed by atoms with Gasteiger partial charge in [-0.05, 0) is 0 Å². The summed E-state index contributed by atoms with van der Waals surface area (Å²) in [6.07, 6.45) is 24.9. The Balaban J connectivity index is -0.000000127. The minimum absolute atomic E-state index is 0. The minimum Gasteiger partial charge on any atom is -1.00 e. The van der Waals surface area contributed by atoms with Crippen LogP contribution in [0.3, 0.4) is 0 Å². The van der Waals surface area contributed by atoms with Crippen LogP contribution < -0.4 is 24.8 Å². The Morgan fingerprint density at radius 1 is 0.826 bits per heavy atom. The molecule has 23 heavy (non-hydrogen) atoms. The van der Waals surface area contributed by atoms with Gasteiger partial charge in [-0.2, -0.15) is 12.2 Å². The number of allylic oxidation sites excluding steroid dienone is 8. The standard InChI is InChI=1S/2C9H13.C2H4.2ClH.Ti/c2*1-2-3-6-9-7-4-5-8-9;1-2;;;/h2*7-8H,2-4,6H2,1H3;1-2H2;2*1H;/q2*-1;;;;+4/p-2. The molecular weight excluding hydrogens is 359 g/mol. The van der Waals surface area contributed by atoms with Gasteiger partial charge in [0.05, 0.1) is 0 Å². The molecule has 0 radical (unpaired) electrons. The van der Waals surface area contributed by atoms with Gasteiger partial charge in [-0.3, -0.25) is 12.2 Å². The third-order valence-corrected chi connectivity index (χ3v) is 3.18. The second-order valence-electron chi connectivity index (χ2n) is 4.87. The van der Waals surface area contributed by atoms with Crippen LogP contribution in [0.4, 0.5) is 0 Å². The average Bonchev–Trinajstić information content (AvgIpc) is 3.19. The molecular formula is C20H30Cl2Ti. The molecule has 3 heteroatoms. The van der Waals surface area contributed by atoms with E-state index in [1.165, 1.54) is 49.7 Å². The van der Waals surface area contributed by atoms with E-state index in [2.05, 4.69) is 63.5 Å². The summed E-state index contributed by atoms with van der Waals surface area (Å²) in [6, 6.07) is 0. The van der Waals surface area contributed by atoms with Crippen molar-refractivity contribution in [3.05, 3.63) is 60.8 Å². The molecule has 128 valence electrons. The normalized spacial score (nSPS) is 13.0. The van der Waals surface area contributed by atoms with Crippen LogP contribution in [-0.4, -0.2) is 0 Å². The molecule has 0 aromatic carbocycles. The Morgan fingerprint density at radius 3 is 1.39 bits per heavy atom. The average molecular weight is 389 g/mol. The second kappa shape index (κ2) is 24.2. The van der Waals surface area contributed by atoms with Gasteiger partial charge in [-0.15, -0.1) is 26.0 Å². The molecule has 0 saturated carbocycles. The van der Waals surface area contributed by atoms with Crippen LogP contribution in [-0.2, 0) is 21.7 Å². The zero-order chi connectivity index (χ0) is 15.1. The van der Waals surface area contributed by atoms with Crippen molar-refractivity contribution in [2.75, 3.05) is 0 Å². The zero-order valence-corrected chi connectivity index (χ0v) is 17.7. The Hall–Kier alpha value is -0.00571. The number of rotatable bonds is 6. The Bertz CT molecular complexity index is 321. The van der Waals surface area contributed by atoms with E-state index in [4.69, 9.17) is 0 Å². The Morgan fingerprint density at radius 2 is 1.17 bits per heavy atom. The van der Waals surface area contributed by atoms with Crippen molar-refractivity contribution in [1.29, 1.82) is 0 Å². The van der Waals surface area contributed by atoms with Gasteiger partial charge in [0.15, 0.2) is 0 Å². The molecule has 0 fully saturated rings. The van der Waals surface area contributed by atoms with Gasteiger partial charge in [0.25, 0.3) is 0 Å². The molecule has 0 unspecified atom stereocenters. The molecule has 0 bridgehead atoms. The van der Waals surface area contributed by atoms with E-state index >= 15 is 0 Å². The van der Waals surface area contributed by atoms with E-state index < -0.39 is 0 Å². The summed E-state index contributed by atoms with van der Waals surface area (Å²) < 4.78 is 0. The van der Waals surface area contributed by atoms with Gasteiger partial charge in [0.2, 0.25) is 0 Å². The first-order chi connectivity index (χ1) is 9.86.